The Hall–Kier alpha value is -0.350. The van der Waals surface area contributed by atoms with Gasteiger partial charge in [0.05, 0.1) is 0 Å². The Kier molecular flexibility index (Phi) is 10.9. The molecule has 4 bridgehead atoms. The Morgan fingerprint density at radius 2 is 1.16 bits per heavy atom. The zero-order chi connectivity index (χ0) is 24.7. The van der Waals surface area contributed by atoms with Gasteiger partial charge in [-0.05, 0) is 86.5 Å². The summed E-state index contributed by atoms with van der Waals surface area (Å²) in [5.74, 6) is 0. The Balaban J connectivity index is 0.000000208. The van der Waals surface area contributed by atoms with Gasteiger partial charge in [-0.3, -0.25) is 9.80 Å². The van der Waals surface area contributed by atoms with Crippen molar-refractivity contribution in [3.8, 4) is 0 Å². The van der Waals surface area contributed by atoms with E-state index in [1.165, 1.54) is 65.0 Å². The van der Waals surface area contributed by atoms with E-state index in [1.54, 1.807) is 0 Å². The molecule has 0 aliphatic carbocycles. The molecule has 4 atom stereocenters. The molecule has 6 aliphatic heterocycles. The molecular weight excluding hydrogens is 511 g/mol. The van der Waals surface area contributed by atoms with Crippen molar-refractivity contribution in [1.82, 2.24) is 29.8 Å². The van der Waals surface area contributed by atoms with Crippen molar-refractivity contribution < 1.29 is 9.53 Å². The van der Waals surface area contributed by atoms with E-state index in [0.29, 0.717) is 6.04 Å². The van der Waals surface area contributed by atoms with Crippen LogP contribution in [0.25, 0.3) is 0 Å². The molecule has 6 rings (SSSR count). The van der Waals surface area contributed by atoms with Crippen molar-refractivity contribution >= 4 is 30.9 Å². The van der Waals surface area contributed by atoms with Crippen LogP contribution in [0.1, 0.15) is 59.3 Å². The molecule has 0 aromatic carbocycles. The van der Waals surface area contributed by atoms with E-state index in [-0.39, 0.29) is 30.9 Å². The van der Waals surface area contributed by atoms with E-state index in [4.69, 9.17) is 4.74 Å². The zero-order valence-corrected chi connectivity index (χ0v) is 25.4. The summed E-state index contributed by atoms with van der Waals surface area (Å²) in [4.78, 5) is 24.5. The van der Waals surface area contributed by atoms with Gasteiger partial charge in [0.25, 0.3) is 0 Å². The fourth-order valence-electron chi connectivity index (χ4n) is 7.53. The van der Waals surface area contributed by atoms with Gasteiger partial charge in [0.2, 0.25) is 0 Å². The van der Waals surface area contributed by atoms with Gasteiger partial charge in [-0.25, -0.2) is 4.79 Å². The quantitative estimate of drug-likeness (QED) is 0.555. The lowest BCUT2D eigenvalue weighted by Gasteiger charge is -2.42. The van der Waals surface area contributed by atoms with E-state index in [1.807, 2.05) is 25.7 Å². The van der Waals surface area contributed by atoms with Crippen LogP contribution in [0.2, 0.25) is 0 Å². The minimum Gasteiger partial charge on any atom is -0.444 e. The van der Waals surface area contributed by atoms with Crippen molar-refractivity contribution in [3.05, 3.63) is 0 Å². The predicted octanol–water partition coefficient (Wildman–Crippen LogP) is 2.74. The number of nitrogens with one attached hydrogen (secondary N) is 1. The first kappa shape index (κ1) is 31.2. The number of hydrogen-bond acceptors (Lipinski definition) is 7. The molecular formula is C27H52Cl2N6O2. The van der Waals surface area contributed by atoms with Crippen LogP contribution in [0.15, 0.2) is 0 Å². The van der Waals surface area contributed by atoms with Gasteiger partial charge >= 0.3 is 6.09 Å². The van der Waals surface area contributed by atoms with Crippen LogP contribution >= 0.6 is 24.8 Å². The lowest BCUT2D eigenvalue weighted by molar-refractivity contribution is 0.0101. The zero-order valence-electron chi connectivity index (χ0n) is 23.7. The summed E-state index contributed by atoms with van der Waals surface area (Å²) in [5.41, 5.74) is -0.396. The summed E-state index contributed by atoms with van der Waals surface area (Å²) >= 11 is 0. The van der Waals surface area contributed by atoms with E-state index in [9.17, 15) is 4.79 Å². The monoisotopic (exact) mass is 562 g/mol. The van der Waals surface area contributed by atoms with Gasteiger partial charge in [-0.2, -0.15) is 0 Å². The lowest BCUT2D eigenvalue weighted by Crippen LogP contribution is -2.53. The number of halogens is 2. The van der Waals surface area contributed by atoms with Crippen LogP contribution in [-0.2, 0) is 4.74 Å². The Morgan fingerprint density at radius 1 is 0.703 bits per heavy atom. The number of piperidine rings is 2. The Morgan fingerprint density at radius 3 is 1.54 bits per heavy atom. The van der Waals surface area contributed by atoms with Gasteiger partial charge < -0.3 is 24.8 Å². The Labute approximate surface area is 237 Å². The molecule has 8 nitrogen and oxygen atoms in total. The summed E-state index contributed by atoms with van der Waals surface area (Å²) in [6.07, 6.45) is 7.53. The highest BCUT2D eigenvalue weighted by atomic mass is 35.5. The maximum absolute atomic E-state index is 12.1. The molecule has 0 saturated carbocycles. The molecule has 4 unspecified atom stereocenters. The van der Waals surface area contributed by atoms with Crippen LogP contribution in [0, 0.1) is 0 Å². The van der Waals surface area contributed by atoms with Crippen LogP contribution in [0.5, 0.6) is 0 Å². The third-order valence-electron chi connectivity index (χ3n) is 9.48. The second-order valence-corrected chi connectivity index (χ2v) is 13.0. The average molecular weight is 564 g/mol. The Bertz CT molecular complexity index is 737. The first-order valence-corrected chi connectivity index (χ1v) is 14.3. The van der Waals surface area contributed by atoms with Gasteiger partial charge in [-0.1, -0.05) is 0 Å². The number of carbonyl (C=O) groups is 1. The molecule has 6 aliphatic rings. The molecule has 0 spiro atoms. The van der Waals surface area contributed by atoms with Gasteiger partial charge in [0, 0.05) is 75.5 Å². The fraction of sp³-hybridized carbons (Fsp3) is 0.963. The van der Waals surface area contributed by atoms with Crippen LogP contribution in [-0.4, -0.2) is 139 Å². The number of carbonyl (C=O) groups excluding carboxylic acids is 1. The van der Waals surface area contributed by atoms with Gasteiger partial charge in [-0.15, -0.1) is 24.8 Å². The van der Waals surface area contributed by atoms with Crippen molar-refractivity contribution in [2.45, 2.75) is 101 Å². The largest absolute Gasteiger partial charge is 0.444 e. The van der Waals surface area contributed by atoms with Gasteiger partial charge in [0.1, 0.15) is 5.60 Å². The average Bonchev–Trinajstić information content (AvgIpc) is 3.59. The second-order valence-electron chi connectivity index (χ2n) is 13.0. The molecule has 1 amide bonds. The fourth-order valence-corrected chi connectivity index (χ4v) is 7.53. The molecule has 6 fully saturated rings. The molecule has 6 heterocycles. The number of piperazine rings is 2. The topological polar surface area (TPSA) is 54.5 Å². The summed E-state index contributed by atoms with van der Waals surface area (Å²) in [6.45, 7) is 15.0. The molecule has 216 valence electrons. The number of likely N-dealkylation sites (tertiary alicyclic amines) is 5. The van der Waals surface area contributed by atoms with Crippen molar-refractivity contribution in [3.63, 3.8) is 0 Å². The maximum atomic E-state index is 12.1. The number of ether oxygens (including phenoxy) is 1. The number of nitrogens with zero attached hydrogens (tertiary/aromatic N) is 5. The first-order valence-electron chi connectivity index (χ1n) is 14.3. The lowest BCUT2D eigenvalue weighted by atomic mass is 10.0. The standard InChI is InChI=1S/C16H29N3O2.C11H21N3.2ClH/c1-16(2,3)21-15(20)18-7-5-12(6-8-18)19-11-13-9-14(19)10-17(13)4;1-13-7-11-6-10(13)8-14(11)9-2-4-12-5-3-9;;/h12-14H,5-11H2,1-4H3;9-12H,2-8H2,1H3;2*1H. The van der Waals surface area contributed by atoms with Crippen LogP contribution in [0.4, 0.5) is 4.79 Å². The van der Waals surface area contributed by atoms with E-state index >= 15 is 0 Å². The summed E-state index contributed by atoms with van der Waals surface area (Å²) in [6, 6.07) is 4.81. The highest BCUT2D eigenvalue weighted by molar-refractivity contribution is 5.85. The molecule has 0 radical (unpaired) electrons. The molecule has 6 saturated heterocycles. The highest BCUT2D eigenvalue weighted by Crippen LogP contribution is 2.34. The smallest absolute Gasteiger partial charge is 0.410 e. The third kappa shape index (κ3) is 7.24. The second kappa shape index (κ2) is 12.9. The molecule has 1 N–H and O–H groups in total. The number of hydrogen-bond donors (Lipinski definition) is 1. The van der Waals surface area contributed by atoms with Crippen molar-refractivity contribution in [2.75, 3.05) is 66.5 Å². The first-order chi connectivity index (χ1) is 16.7. The maximum Gasteiger partial charge on any atom is 0.410 e. The van der Waals surface area contributed by atoms with Gasteiger partial charge in [0.15, 0.2) is 0 Å². The van der Waals surface area contributed by atoms with Crippen molar-refractivity contribution in [2.24, 2.45) is 0 Å². The molecule has 37 heavy (non-hydrogen) atoms. The minimum atomic E-state index is -0.396. The minimum absolute atomic E-state index is 0. The van der Waals surface area contributed by atoms with Crippen LogP contribution < -0.4 is 5.32 Å². The third-order valence-corrected chi connectivity index (χ3v) is 9.48. The molecule has 0 aromatic rings. The molecule has 10 heteroatoms. The SMILES string of the molecule is CN1CC2CC1CN2C1CCN(C(=O)OC(C)(C)C)CC1.CN1CC2CC1CN2C1CCNCC1.Cl.Cl. The van der Waals surface area contributed by atoms with Crippen LogP contribution in [0.3, 0.4) is 0 Å². The molecule has 0 aromatic heterocycles. The summed E-state index contributed by atoms with van der Waals surface area (Å²) < 4.78 is 5.47. The summed E-state index contributed by atoms with van der Waals surface area (Å²) in [7, 11) is 4.53. The van der Waals surface area contributed by atoms with E-state index in [0.717, 1.165) is 56.1 Å². The number of likely N-dealkylation sites (N-methyl/N-ethyl adjacent to an activating group) is 2. The van der Waals surface area contributed by atoms with E-state index in [2.05, 4.69) is 39.0 Å². The number of rotatable bonds is 2. The summed E-state index contributed by atoms with van der Waals surface area (Å²) in [5, 5.41) is 3.45. The normalized spacial score (nSPS) is 33.6. The number of amides is 1. The highest BCUT2D eigenvalue weighted by Gasteiger charge is 2.45. The van der Waals surface area contributed by atoms with Crippen molar-refractivity contribution in [1.29, 1.82) is 0 Å². The van der Waals surface area contributed by atoms with E-state index < -0.39 is 5.60 Å². The number of fused-ring (bicyclic) bond motifs is 4. The predicted molar refractivity (Wildman–Crippen MR) is 154 cm³/mol.